The molecule has 76 valence electrons. The van der Waals surface area contributed by atoms with E-state index in [0.717, 1.165) is 17.1 Å². The molecule has 0 aliphatic carbocycles. The molecule has 0 unspecified atom stereocenters. The number of aromatic nitrogens is 4. The molecule has 8 heteroatoms. The lowest BCUT2D eigenvalue weighted by atomic mass is 10.7. The van der Waals surface area contributed by atoms with E-state index >= 15 is 0 Å². The molecule has 0 atom stereocenters. The maximum atomic E-state index is 11.6. The highest BCUT2D eigenvalue weighted by Crippen LogP contribution is 2.06. The third-order valence-electron chi connectivity index (χ3n) is 1.70. The lowest BCUT2D eigenvalue weighted by Gasteiger charge is -1.97. The SMILES string of the molecule is O=C(n1ccnc1)n1cnc([N+](=O)[O-])c1. The molecule has 2 rings (SSSR count). The van der Waals surface area contributed by atoms with Crippen molar-refractivity contribution in [2.45, 2.75) is 0 Å². The molecule has 0 radical (unpaired) electrons. The van der Waals surface area contributed by atoms with Gasteiger partial charge in [-0.05, 0) is 9.91 Å². The molecule has 2 aromatic heterocycles. The summed E-state index contributed by atoms with van der Waals surface area (Å²) in [4.78, 5) is 28.4. The third-order valence-corrected chi connectivity index (χ3v) is 1.70. The van der Waals surface area contributed by atoms with Crippen LogP contribution in [0.5, 0.6) is 0 Å². The van der Waals surface area contributed by atoms with Gasteiger partial charge in [-0.3, -0.25) is 4.57 Å². The molecule has 15 heavy (non-hydrogen) atoms. The number of carbonyl (C=O) groups is 1. The van der Waals surface area contributed by atoms with Crippen LogP contribution in [0.15, 0.2) is 31.2 Å². The van der Waals surface area contributed by atoms with Crippen LogP contribution < -0.4 is 0 Å². The first-order valence-corrected chi connectivity index (χ1v) is 3.89. The smallest absolute Gasteiger partial charge is 0.358 e. The molecule has 0 bridgehead atoms. The predicted molar refractivity (Wildman–Crippen MR) is 47.3 cm³/mol. The zero-order valence-electron chi connectivity index (χ0n) is 7.35. The van der Waals surface area contributed by atoms with E-state index < -0.39 is 11.0 Å². The molecule has 2 heterocycles. The van der Waals surface area contributed by atoms with E-state index in [-0.39, 0.29) is 5.82 Å². The minimum absolute atomic E-state index is 0.372. The van der Waals surface area contributed by atoms with E-state index in [9.17, 15) is 14.9 Å². The second-order valence-electron chi connectivity index (χ2n) is 2.65. The van der Waals surface area contributed by atoms with E-state index in [4.69, 9.17) is 0 Å². The molecule has 0 amide bonds. The highest BCUT2D eigenvalue weighted by molar-refractivity contribution is 5.79. The molecule has 0 aliphatic rings. The summed E-state index contributed by atoms with van der Waals surface area (Å²) < 4.78 is 2.20. The molecule has 0 aromatic carbocycles. The Morgan fingerprint density at radius 3 is 2.73 bits per heavy atom. The van der Waals surface area contributed by atoms with Crippen LogP contribution in [0.25, 0.3) is 0 Å². The average Bonchev–Trinajstić information content (AvgIpc) is 2.88. The quantitative estimate of drug-likeness (QED) is 0.501. The van der Waals surface area contributed by atoms with E-state index in [1.807, 2.05) is 0 Å². The highest BCUT2D eigenvalue weighted by Gasteiger charge is 2.15. The van der Waals surface area contributed by atoms with Gasteiger partial charge in [-0.2, -0.15) is 0 Å². The van der Waals surface area contributed by atoms with Gasteiger partial charge in [0, 0.05) is 12.4 Å². The number of rotatable bonds is 1. The van der Waals surface area contributed by atoms with Crippen molar-refractivity contribution in [3.8, 4) is 0 Å². The Morgan fingerprint density at radius 1 is 1.40 bits per heavy atom. The predicted octanol–water partition coefficient (Wildman–Crippen LogP) is 0.504. The van der Waals surface area contributed by atoms with Crippen LogP contribution in [0.1, 0.15) is 0 Å². The summed E-state index contributed by atoms with van der Waals surface area (Å²) >= 11 is 0. The van der Waals surface area contributed by atoms with Gasteiger partial charge < -0.3 is 10.1 Å². The molecule has 0 saturated carbocycles. The van der Waals surface area contributed by atoms with Gasteiger partial charge in [0.05, 0.1) is 0 Å². The normalized spacial score (nSPS) is 10.1. The second-order valence-corrected chi connectivity index (χ2v) is 2.65. The summed E-state index contributed by atoms with van der Waals surface area (Å²) in [6.07, 6.45) is 6.30. The molecule has 2 aromatic rings. The molecule has 0 fully saturated rings. The van der Waals surface area contributed by atoms with Crippen molar-refractivity contribution in [2.75, 3.05) is 0 Å². The van der Waals surface area contributed by atoms with Gasteiger partial charge in [0.2, 0.25) is 6.33 Å². The van der Waals surface area contributed by atoms with E-state index in [2.05, 4.69) is 9.97 Å². The summed E-state index contributed by atoms with van der Waals surface area (Å²) in [7, 11) is 0. The minimum atomic E-state index is -0.669. The molecule has 0 saturated heterocycles. The fourth-order valence-corrected chi connectivity index (χ4v) is 1.02. The van der Waals surface area contributed by atoms with Crippen molar-refractivity contribution in [3.63, 3.8) is 0 Å². The minimum Gasteiger partial charge on any atom is -0.358 e. The van der Waals surface area contributed by atoms with Crippen molar-refractivity contribution in [3.05, 3.63) is 41.4 Å². The van der Waals surface area contributed by atoms with Crippen LogP contribution in [0, 0.1) is 10.1 Å². The Hall–Kier alpha value is -2.51. The highest BCUT2D eigenvalue weighted by atomic mass is 16.6. The molecule has 8 nitrogen and oxygen atoms in total. The fraction of sp³-hybridized carbons (Fsp3) is 0. The molecular formula is C7H5N5O3. The standard InChI is InChI=1S/C7H5N5O3/c13-7(10-2-1-8-4-10)11-3-6(9-5-11)12(14)15/h1-5H. The summed E-state index contributed by atoms with van der Waals surface area (Å²) in [5.74, 6) is -0.372. The van der Waals surface area contributed by atoms with Crippen LogP contribution in [0.4, 0.5) is 10.6 Å². The first kappa shape index (κ1) is 9.06. The molecule has 0 N–H and O–H groups in total. The number of hydrogen-bond donors (Lipinski definition) is 0. The van der Waals surface area contributed by atoms with E-state index in [1.54, 1.807) is 0 Å². The van der Waals surface area contributed by atoms with Crippen LogP contribution in [-0.2, 0) is 0 Å². The van der Waals surface area contributed by atoms with Gasteiger partial charge in [0.25, 0.3) is 0 Å². The Morgan fingerprint density at radius 2 is 2.20 bits per heavy atom. The fourth-order valence-electron chi connectivity index (χ4n) is 1.02. The largest absolute Gasteiger partial charge is 0.382 e. The maximum Gasteiger partial charge on any atom is 0.382 e. The monoisotopic (exact) mass is 207 g/mol. The zero-order chi connectivity index (χ0) is 10.8. The Balaban J connectivity index is 2.31. The number of imidazole rings is 2. The van der Waals surface area contributed by atoms with Gasteiger partial charge >= 0.3 is 11.8 Å². The number of nitrogens with zero attached hydrogens (tertiary/aromatic N) is 5. The van der Waals surface area contributed by atoms with Gasteiger partial charge in [0.1, 0.15) is 12.5 Å². The molecule has 0 spiro atoms. The van der Waals surface area contributed by atoms with E-state index in [1.165, 1.54) is 23.3 Å². The third kappa shape index (κ3) is 1.59. The van der Waals surface area contributed by atoms with Crippen LogP contribution >= 0.6 is 0 Å². The lowest BCUT2D eigenvalue weighted by molar-refractivity contribution is -0.389. The van der Waals surface area contributed by atoms with Crippen LogP contribution in [-0.4, -0.2) is 30.1 Å². The van der Waals surface area contributed by atoms with Crippen molar-refractivity contribution < 1.29 is 9.72 Å². The number of nitro groups is 1. The molecule has 0 aliphatic heterocycles. The van der Waals surface area contributed by atoms with Crippen molar-refractivity contribution >= 4 is 11.8 Å². The topological polar surface area (TPSA) is 95.8 Å². The second kappa shape index (κ2) is 3.33. The summed E-state index contributed by atoms with van der Waals surface area (Å²) in [5, 5.41) is 10.3. The van der Waals surface area contributed by atoms with Gasteiger partial charge in [-0.1, -0.05) is 0 Å². The van der Waals surface area contributed by atoms with Crippen molar-refractivity contribution in [1.82, 2.24) is 19.1 Å². The summed E-state index contributed by atoms with van der Waals surface area (Å²) in [6.45, 7) is 0. The van der Waals surface area contributed by atoms with Crippen LogP contribution in [0.2, 0.25) is 0 Å². The van der Waals surface area contributed by atoms with Crippen molar-refractivity contribution in [1.29, 1.82) is 0 Å². The van der Waals surface area contributed by atoms with Gasteiger partial charge in [0.15, 0.2) is 0 Å². The maximum absolute atomic E-state index is 11.6. The first-order chi connectivity index (χ1) is 7.18. The van der Waals surface area contributed by atoms with Crippen molar-refractivity contribution in [2.24, 2.45) is 0 Å². The Labute approximate surface area is 82.9 Å². The van der Waals surface area contributed by atoms with E-state index in [0.29, 0.717) is 0 Å². The number of hydrogen-bond acceptors (Lipinski definition) is 5. The first-order valence-electron chi connectivity index (χ1n) is 3.89. The summed E-state index contributed by atoms with van der Waals surface area (Å²) in [6, 6.07) is -0.479. The Kier molecular flexibility index (Phi) is 2.01. The average molecular weight is 207 g/mol. The summed E-state index contributed by atoms with van der Waals surface area (Å²) in [5.41, 5.74) is 0. The van der Waals surface area contributed by atoms with Crippen LogP contribution in [0.3, 0.4) is 0 Å². The van der Waals surface area contributed by atoms with Gasteiger partial charge in [-0.15, -0.1) is 0 Å². The molecular weight excluding hydrogens is 202 g/mol. The zero-order valence-corrected chi connectivity index (χ0v) is 7.35. The lowest BCUT2D eigenvalue weighted by Crippen LogP contribution is -2.15. The van der Waals surface area contributed by atoms with Gasteiger partial charge in [-0.25, -0.2) is 14.3 Å². The Bertz CT molecular complexity index is 500. The number of carbonyl (C=O) groups excluding carboxylic acids is 1.